The van der Waals surface area contributed by atoms with Crippen LogP contribution >= 0.6 is 11.8 Å². The van der Waals surface area contributed by atoms with Crippen LogP contribution in [0.1, 0.15) is 109 Å². The van der Waals surface area contributed by atoms with Crippen LogP contribution in [0.4, 0.5) is 0 Å². The molecule has 10 atom stereocenters. The molecule has 0 saturated carbocycles. The summed E-state index contributed by atoms with van der Waals surface area (Å²) in [7, 11) is 0. The van der Waals surface area contributed by atoms with E-state index in [1.165, 1.54) is 68.9 Å². The average Bonchev–Trinajstić information content (AvgIpc) is 3.76. The normalized spacial score (nSPS) is 43.4. The van der Waals surface area contributed by atoms with Crippen LogP contribution in [-0.4, -0.2) is 58.1 Å². The van der Waals surface area contributed by atoms with Gasteiger partial charge in [-0.1, -0.05) is 13.8 Å². The third-order valence-corrected chi connectivity index (χ3v) is 13.6. The fourth-order valence-corrected chi connectivity index (χ4v) is 11.8. The summed E-state index contributed by atoms with van der Waals surface area (Å²) < 4.78 is 25.1. The van der Waals surface area contributed by atoms with Crippen molar-refractivity contribution in [1.29, 1.82) is 0 Å². The number of rotatable bonds is 6. The number of hydrogen-bond acceptors (Lipinski definition) is 7. The third kappa shape index (κ3) is 4.68. The van der Waals surface area contributed by atoms with Crippen molar-refractivity contribution in [1.82, 2.24) is 9.80 Å². The van der Waals surface area contributed by atoms with Crippen LogP contribution in [0, 0.1) is 17.3 Å². The molecule has 0 amide bonds. The van der Waals surface area contributed by atoms with Gasteiger partial charge in [0.2, 0.25) is 0 Å². The molecule has 2 aromatic heterocycles. The molecule has 5 fully saturated rings. The standard InChI is InChI=1S/C34H50N2O4S/c1-5-39-31-33(15-11-27-23(3)7-9-29(35(27)31)25-13-17-37-19-25)21-34(41-22-33)16-12-28-24(4)8-10-30(26-14-18-38-20-26)36(28)32(34)40-6-2/h13-14,17-20,23-24,27-32H,5-12,15-16,21-22H2,1-4H3. The van der Waals surface area contributed by atoms with Gasteiger partial charge in [0.25, 0.3) is 0 Å². The van der Waals surface area contributed by atoms with E-state index in [9.17, 15) is 0 Å². The largest absolute Gasteiger partial charge is 0.472 e. The summed E-state index contributed by atoms with van der Waals surface area (Å²) in [4.78, 5) is 5.64. The van der Waals surface area contributed by atoms with Gasteiger partial charge in [-0.2, -0.15) is 11.8 Å². The van der Waals surface area contributed by atoms with Crippen molar-refractivity contribution in [2.75, 3.05) is 19.0 Å². The highest BCUT2D eigenvalue weighted by atomic mass is 32.2. The van der Waals surface area contributed by atoms with Gasteiger partial charge in [0.05, 0.1) is 29.8 Å². The Kier molecular flexibility index (Phi) is 7.89. The van der Waals surface area contributed by atoms with Crippen LogP contribution in [0.25, 0.3) is 0 Å². The Balaban J connectivity index is 1.24. The van der Waals surface area contributed by atoms with Crippen molar-refractivity contribution >= 4 is 11.8 Å². The smallest absolute Gasteiger partial charge is 0.126 e. The predicted octanol–water partition coefficient (Wildman–Crippen LogP) is 8.03. The molecule has 226 valence electrons. The molecule has 0 N–H and O–H groups in total. The second-order valence-electron chi connectivity index (χ2n) is 13.9. The number of ether oxygens (including phenoxy) is 2. The lowest BCUT2D eigenvalue weighted by Gasteiger charge is -2.60. The van der Waals surface area contributed by atoms with Gasteiger partial charge in [0, 0.05) is 59.7 Å². The van der Waals surface area contributed by atoms with Crippen LogP contribution in [0.5, 0.6) is 0 Å². The molecular weight excluding hydrogens is 532 g/mol. The van der Waals surface area contributed by atoms with E-state index in [4.69, 9.17) is 18.3 Å². The lowest BCUT2D eigenvalue weighted by atomic mass is 9.65. The topological polar surface area (TPSA) is 51.2 Å². The van der Waals surface area contributed by atoms with E-state index in [0.717, 1.165) is 19.0 Å². The third-order valence-electron chi connectivity index (χ3n) is 11.7. The Hall–Kier alpha value is -1.25. The molecule has 5 aliphatic heterocycles. The second kappa shape index (κ2) is 11.4. The Morgan fingerprint density at radius 3 is 1.90 bits per heavy atom. The number of nitrogens with zero attached hydrogens (tertiary/aromatic N) is 2. The Bertz CT molecular complexity index is 1050. The van der Waals surface area contributed by atoms with E-state index in [-0.39, 0.29) is 22.6 Å². The zero-order chi connectivity index (χ0) is 28.2. The fourth-order valence-electron chi connectivity index (χ4n) is 9.83. The molecule has 7 rings (SSSR count). The first-order chi connectivity index (χ1) is 20.0. The Morgan fingerprint density at radius 1 is 0.780 bits per heavy atom. The number of fused-ring (bicyclic) bond motifs is 2. The van der Waals surface area contributed by atoms with Gasteiger partial charge in [-0.25, -0.2) is 0 Å². The Morgan fingerprint density at radius 2 is 1.34 bits per heavy atom. The molecule has 7 heteroatoms. The molecule has 5 saturated heterocycles. The van der Waals surface area contributed by atoms with Crippen LogP contribution in [0.2, 0.25) is 0 Å². The summed E-state index contributed by atoms with van der Waals surface area (Å²) in [6, 6.07) is 6.25. The van der Waals surface area contributed by atoms with Crippen LogP contribution in [0.3, 0.4) is 0 Å². The molecule has 7 heterocycles. The van der Waals surface area contributed by atoms with E-state index in [2.05, 4.69) is 61.4 Å². The molecule has 2 spiro atoms. The van der Waals surface area contributed by atoms with Crippen molar-refractivity contribution in [2.24, 2.45) is 17.3 Å². The number of furan rings is 2. The first-order valence-corrected chi connectivity index (χ1v) is 17.4. The van der Waals surface area contributed by atoms with E-state index in [1.54, 1.807) is 0 Å². The highest BCUT2D eigenvalue weighted by molar-refractivity contribution is 8.01. The number of piperidine rings is 4. The lowest BCUT2D eigenvalue weighted by molar-refractivity contribution is -0.215. The van der Waals surface area contributed by atoms with Gasteiger partial charge in [0.1, 0.15) is 12.5 Å². The lowest BCUT2D eigenvalue weighted by Crippen LogP contribution is -2.65. The maximum absolute atomic E-state index is 6.91. The van der Waals surface area contributed by atoms with Crippen molar-refractivity contribution in [2.45, 2.75) is 127 Å². The van der Waals surface area contributed by atoms with Gasteiger partial charge in [-0.15, -0.1) is 0 Å². The minimum Gasteiger partial charge on any atom is -0.472 e. The summed E-state index contributed by atoms with van der Waals surface area (Å²) in [5.74, 6) is 2.54. The van der Waals surface area contributed by atoms with Crippen molar-refractivity contribution in [3.63, 3.8) is 0 Å². The monoisotopic (exact) mass is 582 g/mol. The highest BCUT2D eigenvalue weighted by Gasteiger charge is 2.64. The zero-order valence-electron chi connectivity index (χ0n) is 25.5. The summed E-state index contributed by atoms with van der Waals surface area (Å²) in [5, 5.41) is 0. The SMILES string of the molecule is CCOC1N2C(c3ccoc3)CCC(C)C2CCC12CSC1(CCC3C(C)CCC(c4ccoc4)N3C1OCC)C2. The molecule has 0 bridgehead atoms. The second-order valence-corrected chi connectivity index (χ2v) is 15.3. The molecular formula is C34H50N2O4S. The van der Waals surface area contributed by atoms with E-state index >= 15 is 0 Å². The van der Waals surface area contributed by atoms with Crippen molar-refractivity contribution in [3.05, 3.63) is 48.3 Å². The maximum atomic E-state index is 6.91. The van der Waals surface area contributed by atoms with Crippen molar-refractivity contribution in [3.8, 4) is 0 Å². The summed E-state index contributed by atoms with van der Waals surface area (Å²) in [6.45, 7) is 10.8. The van der Waals surface area contributed by atoms with Gasteiger partial charge in [0.15, 0.2) is 0 Å². The molecule has 41 heavy (non-hydrogen) atoms. The zero-order valence-corrected chi connectivity index (χ0v) is 26.3. The minimum atomic E-state index is 0.0836. The van der Waals surface area contributed by atoms with E-state index in [0.29, 0.717) is 36.0 Å². The summed E-state index contributed by atoms with van der Waals surface area (Å²) >= 11 is 2.23. The van der Waals surface area contributed by atoms with Gasteiger partial charge >= 0.3 is 0 Å². The first-order valence-electron chi connectivity index (χ1n) is 16.5. The molecule has 0 radical (unpaired) electrons. The van der Waals surface area contributed by atoms with E-state index in [1.807, 2.05) is 25.1 Å². The van der Waals surface area contributed by atoms with Crippen LogP contribution < -0.4 is 0 Å². The number of thioether (sulfide) groups is 1. The first kappa shape index (κ1) is 28.5. The molecule has 2 aromatic rings. The van der Waals surface area contributed by atoms with Crippen LogP contribution in [-0.2, 0) is 9.47 Å². The molecule has 0 aliphatic carbocycles. The van der Waals surface area contributed by atoms with Gasteiger partial charge in [-0.05, 0) is 95.6 Å². The number of hydrogen-bond donors (Lipinski definition) is 0. The van der Waals surface area contributed by atoms with Crippen LogP contribution in [0.15, 0.2) is 46.0 Å². The molecule has 0 aromatic carbocycles. The molecule has 10 unspecified atom stereocenters. The minimum absolute atomic E-state index is 0.0836. The van der Waals surface area contributed by atoms with Gasteiger partial charge < -0.3 is 18.3 Å². The maximum Gasteiger partial charge on any atom is 0.126 e. The van der Waals surface area contributed by atoms with Crippen molar-refractivity contribution < 1.29 is 18.3 Å². The van der Waals surface area contributed by atoms with E-state index < -0.39 is 0 Å². The Labute approximate surface area is 250 Å². The molecule has 5 aliphatic rings. The fraction of sp³-hybridized carbons (Fsp3) is 0.765. The average molecular weight is 583 g/mol. The van der Waals surface area contributed by atoms with Gasteiger partial charge in [-0.3, -0.25) is 9.80 Å². The highest BCUT2D eigenvalue weighted by Crippen LogP contribution is 2.64. The molecule has 6 nitrogen and oxygen atoms in total. The predicted molar refractivity (Wildman–Crippen MR) is 162 cm³/mol. The quantitative estimate of drug-likeness (QED) is 0.342. The summed E-state index contributed by atoms with van der Waals surface area (Å²) in [6.07, 6.45) is 19.0. The summed E-state index contributed by atoms with van der Waals surface area (Å²) in [5.41, 5.74) is 2.77.